The molecule has 0 spiro atoms. The number of rotatable bonds is 1. The summed E-state index contributed by atoms with van der Waals surface area (Å²) in [5.74, 6) is 0.497. The third-order valence-corrected chi connectivity index (χ3v) is 3.75. The maximum absolute atomic E-state index is 6.07. The van der Waals surface area contributed by atoms with E-state index < -0.39 is 0 Å². The number of furan rings is 1. The summed E-state index contributed by atoms with van der Waals surface area (Å²) in [6.07, 6.45) is 1.73. The highest BCUT2D eigenvalue weighted by atomic mass is 16.3. The van der Waals surface area contributed by atoms with Crippen molar-refractivity contribution in [3.8, 4) is 0 Å². The Hall–Kier alpha value is -1.28. The van der Waals surface area contributed by atoms with Crippen LogP contribution in [0.5, 0.6) is 0 Å². The van der Waals surface area contributed by atoms with Crippen LogP contribution in [0, 0.1) is 5.41 Å². The van der Waals surface area contributed by atoms with Gasteiger partial charge in [0.15, 0.2) is 0 Å². The summed E-state index contributed by atoms with van der Waals surface area (Å²) in [6.45, 7) is 4.45. The summed E-state index contributed by atoms with van der Waals surface area (Å²) in [6, 6.07) is 8.65. The fourth-order valence-corrected chi connectivity index (χ4v) is 2.49. The highest BCUT2D eigenvalue weighted by Crippen LogP contribution is 2.57. The van der Waals surface area contributed by atoms with Crippen molar-refractivity contribution < 1.29 is 4.42 Å². The van der Waals surface area contributed by atoms with Crippen molar-refractivity contribution in [2.75, 3.05) is 0 Å². The summed E-state index contributed by atoms with van der Waals surface area (Å²) >= 11 is 0. The molecular formula is C13H15NO. The Bertz CT molecular complexity index is 512. The average molecular weight is 201 g/mol. The van der Waals surface area contributed by atoms with Gasteiger partial charge in [-0.15, -0.1) is 0 Å². The second-order valence-corrected chi connectivity index (χ2v) is 5.04. The van der Waals surface area contributed by atoms with Crippen LogP contribution in [-0.2, 0) is 0 Å². The normalized spacial score (nSPS) is 28.2. The molecule has 0 amide bonds. The minimum absolute atomic E-state index is 0.247. The van der Waals surface area contributed by atoms with E-state index in [9.17, 15) is 0 Å². The molecule has 3 rings (SSSR count). The standard InChI is InChI=1S/C13H15NO/c1-13(2)11(12(13)14)9-3-4-10-8(7-9)5-6-15-10/h3-7,11-12H,14H2,1-2H3/t11-,12-/m1/s1. The highest BCUT2D eigenvalue weighted by Gasteiger charge is 2.56. The van der Waals surface area contributed by atoms with E-state index >= 15 is 0 Å². The second kappa shape index (κ2) is 2.64. The Labute approximate surface area is 89.1 Å². The molecule has 1 aromatic heterocycles. The molecule has 1 heterocycles. The summed E-state index contributed by atoms with van der Waals surface area (Å²) in [5.41, 5.74) is 8.60. The van der Waals surface area contributed by atoms with E-state index in [2.05, 4.69) is 26.0 Å². The minimum Gasteiger partial charge on any atom is -0.464 e. The van der Waals surface area contributed by atoms with Gasteiger partial charge < -0.3 is 10.2 Å². The zero-order valence-corrected chi connectivity index (χ0v) is 9.03. The minimum atomic E-state index is 0.247. The van der Waals surface area contributed by atoms with Gasteiger partial charge in [-0.05, 0) is 29.2 Å². The van der Waals surface area contributed by atoms with Crippen LogP contribution >= 0.6 is 0 Å². The lowest BCUT2D eigenvalue weighted by atomic mass is 10.0. The fraction of sp³-hybridized carbons (Fsp3) is 0.385. The monoisotopic (exact) mass is 201 g/mol. The molecule has 78 valence electrons. The van der Waals surface area contributed by atoms with Gasteiger partial charge in [0.25, 0.3) is 0 Å². The third-order valence-electron chi connectivity index (χ3n) is 3.75. The molecule has 0 unspecified atom stereocenters. The van der Waals surface area contributed by atoms with Gasteiger partial charge in [0.05, 0.1) is 6.26 Å². The molecule has 1 aromatic carbocycles. The zero-order chi connectivity index (χ0) is 10.6. The van der Waals surface area contributed by atoms with E-state index in [1.54, 1.807) is 6.26 Å². The van der Waals surface area contributed by atoms with Crippen LogP contribution in [0.3, 0.4) is 0 Å². The Morgan fingerprint density at radius 2 is 2.00 bits per heavy atom. The Kier molecular flexibility index (Phi) is 1.58. The first kappa shape index (κ1) is 8.98. The van der Waals surface area contributed by atoms with Crippen LogP contribution in [0.4, 0.5) is 0 Å². The fourth-order valence-electron chi connectivity index (χ4n) is 2.49. The number of benzene rings is 1. The van der Waals surface area contributed by atoms with E-state index in [1.807, 2.05) is 12.1 Å². The van der Waals surface area contributed by atoms with Gasteiger partial charge in [0.1, 0.15) is 5.58 Å². The molecule has 2 aromatic rings. The van der Waals surface area contributed by atoms with Crippen LogP contribution in [0.25, 0.3) is 11.0 Å². The molecule has 0 aliphatic heterocycles. The first-order chi connectivity index (χ1) is 7.10. The van der Waals surface area contributed by atoms with Crippen LogP contribution in [0.1, 0.15) is 25.3 Å². The van der Waals surface area contributed by atoms with Crippen molar-refractivity contribution in [3.05, 3.63) is 36.1 Å². The first-order valence-corrected chi connectivity index (χ1v) is 5.33. The van der Waals surface area contributed by atoms with Gasteiger partial charge in [-0.1, -0.05) is 19.9 Å². The molecule has 0 saturated heterocycles. The van der Waals surface area contributed by atoms with Crippen molar-refractivity contribution in [2.45, 2.75) is 25.8 Å². The van der Waals surface area contributed by atoms with Crippen molar-refractivity contribution in [1.82, 2.24) is 0 Å². The topological polar surface area (TPSA) is 39.2 Å². The number of hydrogen-bond acceptors (Lipinski definition) is 2. The van der Waals surface area contributed by atoms with E-state index in [0.717, 1.165) is 5.58 Å². The lowest BCUT2D eigenvalue weighted by molar-refractivity contribution is 0.598. The summed E-state index contributed by atoms with van der Waals surface area (Å²) in [4.78, 5) is 0. The molecular weight excluding hydrogens is 186 g/mol. The highest BCUT2D eigenvalue weighted by molar-refractivity contribution is 5.78. The molecule has 2 nitrogen and oxygen atoms in total. The molecule has 0 radical (unpaired) electrons. The SMILES string of the molecule is CC1(C)[C@H](N)[C@H]1c1ccc2occc2c1. The Balaban J connectivity index is 2.06. The van der Waals surface area contributed by atoms with Gasteiger partial charge in [-0.25, -0.2) is 0 Å². The van der Waals surface area contributed by atoms with Gasteiger partial charge in [0.2, 0.25) is 0 Å². The van der Waals surface area contributed by atoms with Crippen LogP contribution in [-0.4, -0.2) is 6.04 Å². The van der Waals surface area contributed by atoms with E-state index in [-0.39, 0.29) is 5.41 Å². The molecule has 0 bridgehead atoms. The van der Waals surface area contributed by atoms with Gasteiger partial charge in [-0.2, -0.15) is 0 Å². The summed E-state index contributed by atoms with van der Waals surface area (Å²) in [5, 5.41) is 1.17. The quantitative estimate of drug-likeness (QED) is 0.770. The van der Waals surface area contributed by atoms with Crippen molar-refractivity contribution in [2.24, 2.45) is 11.1 Å². The molecule has 1 aliphatic rings. The van der Waals surface area contributed by atoms with E-state index in [0.29, 0.717) is 12.0 Å². The van der Waals surface area contributed by atoms with Crippen molar-refractivity contribution >= 4 is 11.0 Å². The maximum atomic E-state index is 6.07. The van der Waals surface area contributed by atoms with Crippen LogP contribution in [0.2, 0.25) is 0 Å². The number of nitrogens with two attached hydrogens (primary N) is 1. The first-order valence-electron chi connectivity index (χ1n) is 5.33. The Morgan fingerprint density at radius 3 is 2.67 bits per heavy atom. The number of hydrogen-bond donors (Lipinski definition) is 1. The van der Waals surface area contributed by atoms with Crippen molar-refractivity contribution in [3.63, 3.8) is 0 Å². The summed E-state index contributed by atoms with van der Waals surface area (Å²) in [7, 11) is 0. The molecule has 1 fully saturated rings. The number of fused-ring (bicyclic) bond motifs is 1. The van der Waals surface area contributed by atoms with E-state index in [4.69, 9.17) is 10.2 Å². The predicted molar refractivity (Wildman–Crippen MR) is 60.7 cm³/mol. The second-order valence-electron chi connectivity index (χ2n) is 5.04. The maximum Gasteiger partial charge on any atom is 0.133 e. The predicted octanol–water partition coefficient (Wildman–Crippen LogP) is 2.88. The summed E-state index contributed by atoms with van der Waals surface area (Å²) < 4.78 is 5.32. The van der Waals surface area contributed by atoms with E-state index in [1.165, 1.54) is 10.9 Å². The largest absolute Gasteiger partial charge is 0.464 e. The molecule has 2 atom stereocenters. The average Bonchev–Trinajstić information content (AvgIpc) is 2.62. The lowest BCUT2D eigenvalue weighted by Gasteiger charge is -2.02. The Morgan fingerprint density at radius 1 is 1.27 bits per heavy atom. The van der Waals surface area contributed by atoms with Crippen molar-refractivity contribution in [1.29, 1.82) is 0 Å². The third kappa shape index (κ3) is 1.15. The van der Waals surface area contributed by atoms with Gasteiger partial charge >= 0.3 is 0 Å². The lowest BCUT2D eigenvalue weighted by Crippen LogP contribution is -2.06. The van der Waals surface area contributed by atoms with Gasteiger partial charge in [0, 0.05) is 17.3 Å². The molecule has 1 saturated carbocycles. The molecule has 2 heteroatoms. The smallest absolute Gasteiger partial charge is 0.133 e. The molecule has 15 heavy (non-hydrogen) atoms. The molecule has 2 N–H and O–H groups in total. The zero-order valence-electron chi connectivity index (χ0n) is 9.03. The van der Waals surface area contributed by atoms with Gasteiger partial charge in [-0.3, -0.25) is 0 Å². The van der Waals surface area contributed by atoms with Crippen LogP contribution in [0.15, 0.2) is 34.9 Å². The van der Waals surface area contributed by atoms with Crippen LogP contribution < -0.4 is 5.73 Å². The molecule has 1 aliphatic carbocycles.